The normalized spacial score (nSPS) is 12.3. The van der Waals surface area contributed by atoms with Crippen molar-refractivity contribution < 1.29 is 9.53 Å². The van der Waals surface area contributed by atoms with E-state index in [0.717, 1.165) is 0 Å². The van der Waals surface area contributed by atoms with Crippen LogP contribution >= 0.6 is 0 Å². The summed E-state index contributed by atoms with van der Waals surface area (Å²) in [6.45, 7) is 8.59. The molecule has 1 aromatic carbocycles. The van der Waals surface area contributed by atoms with Crippen LogP contribution in [0.1, 0.15) is 38.1 Å². The lowest BCUT2D eigenvalue weighted by Gasteiger charge is -2.20. The van der Waals surface area contributed by atoms with Crippen molar-refractivity contribution in [3.63, 3.8) is 0 Å². The minimum Gasteiger partial charge on any atom is -0.490 e. The number of carbonyl (C=O) groups excluding carboxylic acids is 1. The maximum absolute atomic E-state index is 11.9. The summed E-state index contributed by atoms with van der Waals surface area (Å²) >= 11 is 0. The van der Waals surface area contributed by atoms with Crippen molar-refractivity contribution in [1.29, 1.82) is 0 Å². The van der Waals surface area contributed by atoms with E-state index in [1.165, 1.54) is 0 Å². The van der Waals surface area contributed by atoms with Gasteiger partial charge in [-0.1, -0.05) is 13.8 Å². The van der Waals surface area contributed by atoms with Gasteiger partial charge in [-0.25, -0.2) is 0 Å². The molecule has 1 rings (SSSR count). The third-order valence-corrected chi connectivity index (χ3v) is 2.84. The average molecular weight is 250 g/mol. The Morgan fingerprint density at radius 3 is 2.61 bits per heavy atom. The molecule has 4 nitrogen and oxygen atoms in total. The summed E-state index contributed by atoms with van der Waals surface area (Å²) in [4.78, 5) is 11.9. The van der Waals surface area contributed by atoms with Gasteiger partial charge in [-0.3, -0.25) is 4.79 Å². The number of ether oxygens (including phenoxy) is 1. The highest BCUT2D eigenvalue weighted by Gasteiger charge is 2.16. The van der Waals surface area contributed by atoms with Gasteiger partial charge in [0, 0.05) is 18.3 Å². The van der Waals surface area contributed by atoms with Gasteiger partial charge in [0.05, 0.1) is 11.7 Å². The van der Waals surface area contributed by atoms with E-state index < -0.39 is 0 Å². The first-order valence-corrected chi connectivity index (χ1v) is 6.30. The van der Waals surface area contributed by atoms with Crippen LogP contribution in [0.15, 0.2) is 18.2 Å². The molecule has 1 unspecified atom stereocenters. The maximum Gasteiger partial charge on any atom is 0.255 e. The summed E-state index contributed by atoms with van der Waals surface area (Å²) in [5, 5.41) is 2.76. The lowest BCUT2D eigenvalue weighted by atomic mass is 10.1. The Labute approximate surface area is 109 Å². The number of anilines is 1. The van der Waals surface area contributed by atoms with Gasteiger partial charge >= 0.3 is 0 Å². The second kappa shape index (κ2) is 6.28. The van der Waals surface area contributed by atoms with E-state index in [0.29, 0.717) is 29.5 Å². The molecule has 0 radical (unpaired) electrons. The van der Waals surface area contributed by atoms with Crippen LogP contribution in [0.25, 0.3) is 0 Å². The zero-order valence-electron chi connectivity index (χ0n) is 11.5. The first-order chi connectivity index (χ1) is 8.45. The van der Waals surface area contributed by atoms with Crippen molar-refractivity contribution in [2.24, 2.45) is 5.92 Å². The van der Waals surface area contributed by atoms with Crippen LogP contribution in [0.5, 0.6) is 5.75 Å². The van der Waals surface area contributed by atoms with Gasteiger partial charge in [0.1, 0.15) is 5.75 Å². The Kier molecular flexibility index (Phi) is 5.01. The van der Waals surface area contributed by atoms with Gasteiger partial charge in [-0.05, 0) is 31.9 Å². The van der Waals surface area contributed by atoms with Gasteiger partial charge in [0.25, 0.3) is 5.91 Å². The highest BCUT2D eigenvalue weighted by molar-refractivity contribution is 5.97. The minimum atomic E-state index is -0.136. The van der Waals surface area contributed by atoms with E-state index in [4.69, 9.17) is 10.5 Å². The summed E-state index contributed by atoms with van der Waals surface area (Å²) in [7, 11) is 0. The summed E-state index contributed by atoms with van der Waals surface area (Å²) in [5.74, 6) is 0.777. The smallest absolute Gasteiger partial charge is 0.255 e. The lowest BCUT2D eigenvalue weighted by Crippen LogP contribution is -2.25. The van der Waals surface area contributed by atoms with Gasteiger partial charge in [0.15, 0.2) is 0 Å². The predicted molar refractivity (Wildman–Crippen MR) is 73.8 cm³/mol. The number of nitrogen functional groups attached to an aromatic ring is 1. The van der Waals surface area contributed by atoms with Crippen LogP contribution in [0.2, 0.25) is 0 Å². The van der Waals surface area contributed by atoms with E-state index in [2.05, 4.69) is 19.2 Å². The van der Waals surface area contributed by atoms with Crippen LogP contribution in [0.3, 0.4) is 0 Å². The van der Waals surface area contributed by atoms with Crippen LogP contribution in [-0.4, -0.2) is 18.6 Å². The van der Waals surface area contributed by atoms with Crippen molar-refractivity contribution >= 4 is 11.6 Å². The summed E-state index contributed by atoms with van der Waals surface area (Å²) in [6.07, 6.45) is 0.0278. The molecule has 0 heterocycles. The molecular weight excluding hydrogens is 228 g/mol. The molecule has 100 valence electrons. The zero-order chi connectivity index (χ0) is 13.7. The van der Waals surface area contributed by atoms with E-state index in [9.17, 15) is 4.79 Å². The quantitative estimate of drug-likeness (QED) is 0.789. The van der Waals surface area contributed by atoms with Crippen LogP contribution in [-0.2, 0) is 0 Å². The Morgan fingerprint density at radius 2 is 2.06 bits per heavy atom. The highest BCUT2D eigenvalue weighted by atomic mass is 16.5. The molecule has 0 aliphatic heterocycles. The molecule has 1 amide bonds. The molecule has 4 heteroatoms. The van der Waals surface area contributed by atoms with Crippen molar-refractivity contribution in [2.45, 2.75) is 33.8 Å². The number of amides is 1. The molecule has 0 aliphatic carbocycles. The number of hydrogen-bond donors (Lipinski definition) is 2. The minimum absolute atomic E-state index is 0.0278. The number of nitrogens with two attached hydrogens (primary N) is 1. The molecular formula is C14H22N2O2. The number of hydrogen-bond acceptors (Lipinski definition) is 3. The molecule has 1 atom stereocenters. The topological polar surface area (TPSA) is 64.4 Å². The Morgan fingerprint density at radius 1 is 1.39 bits per heavy atom. The molecule has 0 bridgehead atoms. The predicted octanol–water partition coefficient (Wildman–Crippen LogP) is 2.44. The van der Waals surface area contributed by atoms with Crippen molar-refractivity contribution in [1.82, 2.24) is 5.32 Å². The third-order valence-electron chi connectivity index (χ3n) is 2.84. The monoisotopic (exact) mass is 250 g/mol. The molecule has 0 fully saturated rings. The summed E-state index contributed by atoms with van der Waals surface area (Å²) in [6, 6.07) is 5.10. The largest absolute Gasteiger partial charge is 0.490 e. The zero-order valence-corrected chi connectivity index (χ0v) is 11.5. The number of nitrogens with one attached hydrogen (secondary N) is 1. The van der Waals surface area contributed by atoms with Crippen LogP contribution < -0.4 is 15.8 Å². The molecule has 0 saturated heterocycles. The van der Waals surface area contributed by atoms with Crippen molar-refractivity contribution in [2.75, 3.05) is 12.3 Å². The van der Waals surface area contributed by atoms with Gasteiger partial charge in [-0.15, -0.1) is 0 Å². The third kappa shape index (κ3) is 3.65. The molecule has 0 aliphatic rings. The standard InChI is InChI=1S/C14H22N2O2/c1-5-16-14(17)12-7-6-11(15)8-13(12)18-10(4)9(2)3/h6-10H,5,15H2,1-4H3,(H,16,17). The summed E-state index contributed by atoms with van der Waals surface area (Å²) in [5.41, 5.74) is 6.86. The molecule has 0 aromatic heterocycles. The first kappa shape index (κ1) is 14.4. The molecule has 0 saturated carbocycles. The first-order valence-electron chi connectivity index (χ1n) is 6.30. The number of benzene rings is 1. The molecule has 0 spiro atoms. The van der Waals surface area contributed by atoms with E-state index >= 15 is 0 Å². The second-order valence-electron chi connectivity index (χ2n) is 4.68. The maximum atomic E-state index is 11.9. The van der Waals surface area contributed by atoms with Gasteiger partial charge in [-0.2, -0.15) is 0 Å². The van der Waals surface area contributed by atoms with E-state index in [1.807, 2.05) is 13.8 Å². The average Bonchev–Trinajstić information content (AvgIpc) is 2.29. The Bertz CT molecular complexity index is 416. The van der Waals surface area contributed by atoms with Gasteiger partial charge in [0.2, 0.25) is 0 Å². The lowest BCUT2D eigenvalue weighted by molar-refractivity contribution is 0.0945. The van der Waals surface area contributed by atoms with Gasteiger partial charge < -0.3 is 15.8 Å². The SMILES string of the molecule is CCNC(=O)c1ccc(N)cc1OC(C)C(C)C. The second-order valence-corrected chi connectivity index (χ2v) is 4.68. The fourth-order valence-electron chi connectivity index (χ4n) is 1.42. The molecule has 18 heavy (non-hydrogen) atoms. The van der Waals surface area contributed by atoms with Crippen molar-refractivity contribution in [3.8, 4) is 5.75 Å². The Hall–Kier alpha value is -1.71. The van der Waals surface area contributed by atoms with E-state index in [1.54, 1.807) is 18.2 Å². The van der Waals surface area contributed by atoms with Crippen LogP contribution in [0, 0.1) is 5.92 Å². The molecule has 1 aromatic rings. The number of carbonyl (C=O) groups is 1. The molecule has 3 N–H and O–H groups in total. The number of rotatable bonds is 5. The Balaban J connectivity index is 3.00. The van der Waals surface area contributed by atoms with E-state index in [-0.39, 0.29) is 12.0 Å². The fourth-order valence-corrected chi connectivity index (χ4v) is 1.42. The fraction of sp³-hybridized carbons (Fsp3) is 0.500. The highest BCUT2D eigenvalue weighted by Crippen LogP contribution is 2.24. The van der Waals surface area contributed by atoms with Crippen LogP contribution in [0.4, 0.5) is 5.69 Å². The summed E-state index contributed by atoms with van der Waals surface area (Å²) < 4.78 is 5.81. The van der Waals surface area contributed by atoms with Crippen molar-refractivity contribution in [3.05, 3.63) is 23.8 Å².